The van der Waals surface area contributed by atoms with Crippen molar-refractivity contribution in [2.24, 2.45) is 0 Å². The van der Waals surface area contributed by atoms with Gasteiger partial charge in [-0.2, -0.15) is 0 Å². The third-order valence-corrected chi connectivity index (χ3v) is 6.39. The number of sulfonamides is 1. The predicted molar refractivity (Wildman–Crippen MR) is 125 cm³/mol. The van der Waals surface area contributed by atoms with Crippen molar-refractivity contribution in [3.05, 3.63) is 59.7 Å². The summed E-state index contributed by atoms with van der Waals surface area (Å²) in [4.78, 5) is 27.5. The van der Waals surface area contributed by atoms with Crippen molar-refractivity contribution in [3.63, 3.8) is 0 Å². The Kier molecular flexibility index (Phi) is 8.65. The molecule has 1 N–H and O–H groups in total. The van der Waals surface area contributed by atoms with Crippen LogP contribution in [0.3, 0.4) is 0 Å². The number of likely N-dealkylation sites (N-methyl/N-ethyl adjacent to an activating group) is 1. The molecule has 0 saturated heterocycles. The van der Waals surface area contributed by atoms with Gasteiger partial charge in [0, 0.05) is 13.6 Å². The van der Waals surface area contributed by atoms with Crippen molar-refractivity contribution in [2.45, 2.75) is 32.9 Å². The van der Waals surface area contributed by atoms with Crippen molar-refractivity contribution in [2.75, 3.05) is 31.3 Å². The number of nitrogens with zero attached hydrogens (tertiary/aromatic N) is 2. The van der Waals surface area contributed by atoms with E-state index in [0.29, 0.717) is 12.2 Å². The van der Waals surface area contributed by atoms with Gasteiger partial charge in [-0.1, -0.05) is 43.3 Å². The second kappa shape index (κ2) is 11.0. The molecule has 32 heavy (non-hydrogen) atoms. The van der Waals surface area contributed by atoms with E-state index in [-0.39, 0.29) is 18.1 Å². The number of carbonyl (C=O) groups is 2. The van der Waals surface area contributed by atoms with Gasteiger partial charge >= 0.3 is 0 Å². The molecule has 0 saturated carbocycles. The summed E-state index contributed by atoms with van der Waals surface area (Å²) >= 11 is 0. The quantitative estimate of drug-likeness (QED) is 0.586. The van der Waals surface area contributed by atoms with Gasteiger partial charge in [-0.15, -0.1) is 0 Å². The molecule has 2 amide bonds. The first-order chi connectivity index (χ1) is 15.1. The summed E-state index contributed by atoms with van der Waals surface area (Å²) in [6.07, 6.45) is 1.42. The Morgan fingerprint density at radius 3 is 2.28 bits per heavy atom. The molecule has 174 valence electrons. The lowest BCUT2D eigenvalue weighted by atomic mass is 10.1. The van der Waals surface area contributed by atoms with Crippen LogP contribution in [0.5, 0.6) is 5.75 Å². The molecule has 0 aliphatic rings. The van der Waals surface area contributed by atoms with Gasteiger partial charge in [0.25, 0.3) is 0 Å². The lowest BCUT2D eigenvalue weighted by molar-refractivity contribution is -0.140. The Morgan fingerprint density at radius 2 is 1.72 bits per heavy atom. The largest absolute Gasteiger partial charge is 0.495 e. The molecule has 0 aliphatic carbocycles. The van der Waals surface area contributed by atoms with E-state index in [1.54, 1.807) is 24.3 Å². The van der Waals surface area contributed by atoms with Crippen LogP contribution in [0.1, 0.15) is 24.5 Å². The van der Waals surface area contributed by atoms with E-state index < -0.39 is 28.5 Å². The maximum absolute atomic E-state index is 13.5. The monoisotopic (exact) mass is 461 g/mol. The van der Waals surface area contributed by atoms with Crippen molar-refractivity contribution < 1.29 is 22.7 Å². The summed E-state index contributed by atoms with van der Waals surface area (Å²) < 4.78 is 31.6. The lowest BCUT2D eigenvalue weighted by Crippen LogP contribution is -2.51. The smallest absolute Gasteiger partial charge is 0.244 e. The molecule has 0 bridgehead atoms. The number of ether oxygens (including phenoxy) is 1. The molecule has 0 fully saturated rings. The zero-order chi connectivity index (χ0) is 23.9. The fourth-order valence-corrected chi connectivity index (χ4v) is 4.34. The standard InChI is InChI=1S/C23H31N3O5S/c1-6-19(23(28)24-3)25(15-18-12-8-7-11-17(18)2)22(27)16-26(32(5,29)30)20-13-9-10-14-21(20)31-4/h7-14,19H,6,15-16H2,1-5H3,(H,24,28). The van der Waals surface area contributed by atoms with Crippen LogP contribution in [0.2, 0.25) is 0 Å². The van der Waals surface area contributed by atoms with Gasteiger partial charge in [0.15, 0.2) is 0 Å². The van der Waals surface area contributed by atoms with Gasteiger partial charge < -0.3 is 15.0 Å². The van der Waals surface area contributed by atoms with Gasteiger partial charge in [0.2, 0.25) is 21.8 Å². The molecule has 8 nitrogen and oxygen atoms in total. The number of para-hydroxylation sites is 2. The van der Waals surface area contributed by atoms with Crippen molar-refractivity contribution in [1.29, 1.82) is 0 Å². The molecule has 0 aliphatic heterocycles. The SMILES string of the molecule is CCC(C(=O)NC)N(Cc1ccccc1C)C(=O)CN(c1ccccc1OC)S(C)(=O)=O. The summed E-state index contributed by atoms with van der Waals surface area (Å²) in [7, 11) is -0.865. The maximum atomic E-state index is 13.5. The van der Waals surface area contributed by atoms with Crippen LogP contribution in [-0.4, -0.2) is 58.1 Å². The Balaban J connectivity index is 2.48. The molecule has 2 rings (SSSR count). The molecule has 0 heterocycles. The summed E-state index contributed by atoms with van der Waals surface area (Å²) in [5.41, 5.74) is 2.11. The number of nitrogens with one attached hydrogen (secondary N) is 1. The second-order valence-corrected chi connectivity index (χ2v) is 9.33. The van der Waals surface area contributed by atoms with E-state index in [2.05, 4.69) is 5.32 Å². The molecule has 2 aromatic carbocycles. The van der Waals surface area contributed by atoms with E-state index in [0.717, 1.165) is 21.7 Å². The van der Waals surface area contributed by atoms with E-state index in [1.165, 1.54) is 19.1 Å². The normalized spacial score (nSPS) is 12.0. The van der Waals surface area contributed by atoms with Crippen LogP contribution in [0.4, 0.5) is 5.69 Å². The number of hydrogen-bond acceptors (Lipinski definition) is 5. The Morgan fingerprint density at radius 1 is 1.09 bits per heavy atom. The number of benzene rings is 2. The fourth-order valence-electron chi connectivity index (χ4n) is 3.49. The van der Waals surface area contributed by atoms with Crippen LogP contribution in [0.25, 0.3) is 0 Å². The van der Waals surface area contributed by atoms with Gasteiger partial charge in [0.05, 0.1) is 19.1 Å². The Hall–Kier alpha value is -3.07. The minimum atomic E-state index is -3.81. The van der Waals surface area contributed by atoms with Crippen molar-refractivity contribution in [1.82, 2.24) is 10.2 Å². The minimum absolute atomic E-state index is 0.182. The number of methoxy groups -OCH3 is 1. The summed E-state index contributed by atoms with van der Waals surface area (Å²) in [5, 5.41) is 2.60. The fraction of sp³-hybridized carbons (Fsp3) is 0.391. The van der Waals surface area contributed by atoms with Crippen molar-refractivity contribution >= 4 is 27.5 Å². The van der Waals surface area contributed by atoms with Gasteiger partial charge in [-0.05, 0) is 36.6 Å². The first-order valence-corrected chi connectivity index (χ1v) is 12.1. The van der Waals surface area contributed by atoms with Gasteiger partial charge in [0.1, 0.15) is 18.3 Å². The van der Waals surface area contributed by atoms with Crippen LogP contribution in [-0.2, 0) is 26.2 Å². The Labute approximate surface area is 190 Å². The van der Waals surface area contributed by atoms with E-state index in [4.69, 9.17) is 4.74 Å². The van der Waals surface area contributed by atoms with E-state index in [1.807, 2.05) is 38.1 Å². The average Bonchev–Trinajstić information content (AvgIpc) is 2.77. The highest BCUT2D eigenvalue weighted by molar-refractivity contribution is 7.92. The number of amides is 2. The third-order valence-electron chi connectivity index (χ3n) is 5.27. The molecule has 2 aromatic rings. The van der Waals surface area contributed by atoms with Gasteiger partial charge in [-0.3, -0.25) is 13.9 Å². The first-order valence-electron chi connectivity index (χ1n) is 10.3. The highest BCUT2D eigenvalue weighted by atomic mass is 32.2. The molecule has 0 radical (unpaired) electrons. The molecular weight excluding hydrogens is 430 g/mol. The van der Waals surface area contributed by atoms with E-state index >= 15 is 0 Å². The Bertz CT molecular complexity index is 1060. The number of rotatable bonds is 10. The molecular formula is C23H31N3O5S. The second-order valence-electron chi connectivity index (χ2n) is 7.43. The minimum Gasteiger partial charge on any atom is -0.495 e. The molecule has 9 heteroatoms. The number of anilines is 1. The van der Waals surface area contributed by atoms with Crippen LogP contribution in [0, 0.1) is 6.92 Å². The average molecular weight is 462 g/mol. The summed E-state index contributed by atoms with van der Waals surface area (Å²) in [5.74, 6) is -0.466. The highest BCUT2D eigenvalue weighted by Crippen LogP contribution is 2.29. The van der Waals surface area contributed by atoms with Crippen LogP contribution >= 0.6 is 0 Å². The molecule has 1 unspecified atom stereocenters. The summed E-state index contributed by atoms with van der Waals surface area (Å²) in [6, 6.07) is 13.4. The summed E-state index contributed by atoms with van der Waals surface area (Å²) in [6.45, 7) is 3.46. The maximum Gasteiger partial charge on any atom is 0.244 e. The number of hydrogen-bond donors (Lipinski definition) is 1. The zero-order valence-corrected chi connectivity index (χ0v) is 20.0. The third kappa shape index (κ3) is 6.00. The topological polar surface area (TPSA) is 96.0 Å². The molecule has 0 spiro atoms. The predicted octanol–water partition coefficient (Wildman–Crippen LogP) is 2.32. The number of aryl methyl sites for hydroxylation is 1. The zero-order valence-electron chi connectivity index (χ0n) is 19.2. The number of carbonyl (C=O) groups excluding carboxylic acids is 2. The van der Waals surface area contributed by atoms with E-state index in [9.17, 15) is 18.0 Å². The van der Waals surface area contributed by atoms with Crippen LogP contribution in [0.15, 0.2) is 48.5 Å². The first kappa shape index (κ1) is 25.2. The molecule has 1 atom stereocenters. The highest BCUT2D eigenvalue weighted by Gasteiger charge is 2.32. The van der Waals surface area contributed by atoms with Crippen molar-refractivity contribution in [3.8, 4) is 5.75 Å². The van der Waals surface area contributed by atoms with Crippen LogP contribution < -0.4 is 14.4 Å². The van der Waals surface area contributed by atoms with Gasteiger partial charge in [-0.25, -0.2) is 8.42 Å². The molecule has 0 aromatic heterocycles. The lowest BCUT2D eigenvalue weighted by Gasteiger charge is -2.33.